The molecule has 0 saturated heterocycles. The number of nitrogens with zero attached hydrogens (tertiary/aromatic N) is 1. The van der Waals surface area contributed by atoms with E-state index in [1.165, 1.54) is 0 Å². The van der Waals surface area contributed by atoms with Gasteiger partial charge in [-0.05, 0) is 19.4 Å². The van der Waals surface area contributed by atoms with Gasteiger partial charge < -0.3 is 9.47 Å². The highest BCUT2D eigenvalue weighted by Crippen LogP contribution is 2.34. The molecule has 3 rings (SSSR count). The molecule has 0 bridgehead atoms. The Morgan fingerprint density at radius 2 is 2.05 bits per heavy atom. The molecule has 0 spiro atoms. The molecule has 2 heterocycles. The molecule has 0 N–H and O–H groups in total. The minimum Gasteiger partial charge on any atom is -0.476 e. The Bertz CT molecular complexity index is 763. The fraction of sp³-hybridized carbons (Fsp3) is 0.375. The number of rotatable bonds is 3. The van der Waals surface area contributed by atoms with Crippen LogP contribution in [-0.2, 0) is 4.74 Å². The van der Waals surface area contributed by atoms with Crippen molar-refractivity contribution < 1.29 is 14.3 Å². The molecule has 1 aliphatic rings. The van der Waals surface area contributed by atoms with Crippen molar-refractivity contribution in [1.29, 1.82) is 0 Å². The lowest BCUT2D eigenvalue weighted by Crippen LogP contribution is -2.24. The summed E-state index contributed by atoms with van der Waals surface area (Å²) in [5, 5.41) is 1.11. The number of hydrogen-bond donors (Lipinski definition) is 0. The second kappa shape index (κ2) is 5.24. The van der Waals surface area contributed by atoms with Gasteiger partial charge in [0.25, 0.3) is 5.56 Å². The van der Waals surface area contributed by atoms with Crippen LogP contribution in [0, 0.1) is 0 Å². The number of pyridine rings is 1. The predicted molar refractivity (Wildman–Crippen MR) is 79.0 cm³/mol. The van der Waals surface area contributed by atoms with Crippen molar-refractivity contribution in [3.8, 4) is 5.88 Å². The molecule has 1 aromatic carbocycles. The molecular formula is C16H17NO4. The lowest BCUT2D eigenvalue weighted by molar-refractivity contribution is 0.0524. The van der Waals surface area contributed by atoms with Gasteiger partial charge in [-0.3, -0.25) is 9.36 Å². The van der Waals surface area contributed by atoms with Crippen molar-refractivity contribution in [2.24, 2.45) is 0 Å². The molecule has 1 aliphatic heterocycles. The second-order valence-corrected chi connectivity index (χ2v) is 4.99. The monoisotopic (exact) mass is 287 g/mol. The molecular weight excluding hydrogens is 270 g/mol. The molecule has 21 heavy (non-hydrogen) atoms. The van der Waals surface area contributed by atoms with E-state index in [0.717, 1.165) is 6.42 Å². The predicted octanol–water partition coefficient (Wildman–Crippen LogP) is 2.52. The largest absolute Gasteiger partial charge is 0.476 e. The zero-order valence-corrected chi connectivity index (χ0v) is 12.1. The van der Waals surface area contributed by atoms with Crippen LogP contribution in [0.1, 0.15) is 36.7 Å². The fourth-order valence-electron chi connectivity index (χ4n) is 2.77. The molecule has 0 fully saturated rings. The van der Waals surface area contributed by atoms with Crippen molar-refractivity contribution in [2.45, 2.75) is 26.3 Å². The van der Waals surface area contributed by atoms with Crippen molar-refractivity contribution in [2.75, 3.05) is 13.2 Å². The third-order valence-corrected chi connectivity index (χ3v) is 3.81. The first-order valence-corrected chi connectivity index (χ1v) is 7.16. The summed E-state index contributed by atoms with van der Waals surface area (Å²) in [4.78, 5) is 25.0. The van der Waals surface area contributed by atoms with Crippen LogP contribution in [0.2, 0.25) is 0 Å². The first-order chi connectivity index (χ1) is 10.2. The van der Waals surface area contributed by atoms with Crippen LogP contribution < -0.4 is 10.3 Å². The summed E-state index contributed by atoms with van der Waals surface area (Å²) >= 11 is 0. The number of fused-ring (bicyclic) bond motifs is 2. The van der Waals surface area contributed by atoms with Crippen molar-refractivity contribution in [1.82, 2.24) is 4.57 Å². The third-order valence-electron chi connectivity index (χ3n) is 3.81. The van der Waals surface area contributed by atoms with Gasteiger partial charge in [-0.25, -0.2) is 4.79 Å². The van der Waals surface area contributed by atoms with E-state index in [1.807, 2.05) is 6.92 Å². The van der Waals surface area contributed by atoms with Crippen molar-refractivity contribution in [3.05, 3.63) is 40.2 Å². The topological polar surface area (TPSA) is 57.5 Å². The van der Waals surface area contributed by atoms with Gasteiger partial charge in [-0.15, -0.1) is 0 Å². The van der Waals surface area contributed by atoms with E-state index < -0.39 is 5.97 Å². The SMILES string of the molecule is CCOC(=O)c1c2n(c(=O)c3ccccc13)[C@H](CC)CO2. The fourth-order valence-corrected chi connectivity index (χ4v) is 2.77. The van der Waals surface area contributed by atoms with Crippen LogP contribution in [-0.4, -0.2) is 23.8 Å². The van der Waals surface area contributed by atoms with Crippen molar-refractivity contribution in [3.63, 3.8) is 0 Å². The zero-order valence-electron chi connectivity index (χ0n) is 12.1. The molecule has 0 aliphatic carbocycles. The van der Waals surface area contributed by atoms with Gasteiger partial charge in [0, 0.05) is 10.8 Å². The average molecular weight is 287 g/mol. The number of benzene rings is 1. The zero-order chi connectivity index (χ0) is 15.0. The summed E-state index contributed by atoms with van der Waals surface area (Å²) in [6.07, 6.45) is 0.771. The lowest BCUT2D eigenvalue weighted by Gasteiger charge is -2.13. The Kier molecular flexibility index (Phi) is 3.41. The van der Waals surface area contributed by atoms with Crippen LogP contribution in [0.3, 0.4) is 0 Å². The van der Waals surface area contributed by atoms with E-state index in [-0.39, 0.29) is 18.2 Å². The molecule has 0 radical (unpaired) electrons. The molecule has 5 nitrogen and oxygen atoms in total. The van der Waals surface area contributed by atoms with E-state index in [4.69, 9.17) is 9.47 Å². The Morgan fingerprint density at radius 1 is 1.33 bits per heavy atom. The Morgan fingerprint density at radius 3 is 2.71 bits per heavy atom. The number of aromatic nitrogens is 1. The number of carbonyl (C=O) groups excluding carboxylic acids is 1. The Hall–Kier alpha value is -2.30. The van der Waals surface area contributed by atoms with Gasteiger partial charge >= 0.3 is 5.97 Å². The van der Waals surface area contributed by atoms with E-state index in [2.05, 4.69) is 0 Å². The lowest BCUT2D eigenvalue weighted by atomic mass is 10.1. The normalized spacial score (nSPS) is 16.6. The first-order valence-electron chi connectivity index (χ1n) is 7.16. The van der Waals surface area contributed by atoms with Crippen LogP contribution in [0.15, 0.2) is 29.1 Å². The molecule has 0 unspecified atom stereocenters. The number of carbonyl (C=O) groups is 1. The minimum absolute atomic E-state index is 0.0368. The van der Waals surface area contributed by atoms with Crippen LogP contribution in [0.4, 0.5) is 0 Å². The maximum absolute atomic E-state index is 12.7. The highest BCUT2D eigenvalue weighted by Gasteiger charge is 2.31. The van der Waals surface area contributed by atoms with Gasteiger partial charge in [0.1, 0.15) is 12.2 Å². The summed E-state index contributed by atoms with van der Waals surface area (Å²) < 4.78 is 12.4. The maximum Gasteiger partial charge on any atom is 0.344 e. The van der Waals surface area contributed by atoms with Crippen molar-refractivity contribution >= 4 is 16.7 Å². The van der Waals surface area contributed by atoms with Gasteiger partial charge in [-0.1, -0.05) is 25.1 Å². The van der Waals surface area contributed by atoms with Crippen LogP contribution in [0.25, 0.3) is 10.8 Å². The molecule has 1 atom stereocenters. The molecule has 0 amide bonds. The highest BCUT2D eigenvalue weighted by molar-refractivity contribution is 6.06. The number of hydrogen-bond acceptors (Lipinski definition) is 4. The van der Waals surface area contributed by atoms with E-state index in [0.29, 0.717) is 28.8 Å². The standard InChI is InChI=1S/C16H17NO4/c1-3-10-9-21-15-13(16(19)20-4-2)11-7-5-6-8-12(11)14(18)17(10)15/h5-8,10H,3-4,9H2,1-2H3/t10-/m1/s1. The summed E-state index contributed by atoms with van der Waals surface area (Å²) in [7, 11) is 0. The van der Waals surface area contributed by atoms with E-state index >= 15 is 0 Å². The number of ether oxygens (including phenoxy) is 2. The van der Waals surface area contributed by atoms with Gasteiger partial charge in [0.2, 0.25) is 5.88 Å². The summed E-state index contributed by atoms with van der Waals surface area (Å²) in [6, 6.07) is 7.05. The smallest absolute Gasteiger partial charge is 0.344 e. The highest BCUT2D eigenvalue weighted by atomic mass is 16.5. The van der Waals surface area contributed by atoms with E-state index in [1.54, 1.807) is 35.8 Å². The summed E-state index contributed by atoms with van der Waals surface area (Å²) in [5.74, 6) is -0.113. The van der Waals surface area contributed by atoms with Gasteiger partial charge in [0.15, 0.2) is 0 Å². The number of esters is 1. The van der Waals surface area contributed by atoms with Crippen LogP contribution in [0.5, 0.6) is 5.88 Å². The molecule has 1 aromatic heterocycles. The van der Waals surface area contributed by atoms with Gasteiger partial charge in [0.05, 0.1) is 12.6 Å². The first kappa shape index (κ1) is 13.7. The molecule has 2 aromatic rings. The van der Waals surface area contributed by atoms with Gasteiger partial charge in [-0.2, -0.15) is 0 Å². The third kappa shape index (κ3) is 2.00. The second-order valence-electron chi connectivity index (χ2n) is 4.99. The molecule has 5 heteroatoms. The van der Waals surface area contributed by atoms with Crippen LogP contribution >= 0.6 is 0 Å². The summed E-state index contributed by atoms with van der Waals surface area (Å²) in [6.45, 7) is 4.44. The summed E-state index contributed by atoms with van der Waals surface area (Å²) in [5.41, 5.74) is 0.237. The Balaban J connectivity index is 2.38. The average Bonchev–Trinajstić information content (AvgIpc) is 2.92. The quantitative estimate of drug-likeness (QED) is 0.814. The maximum atomic E-state index is 12.7. The molecule has 110 valence electrons. The minimum atomic E-state index is -0.450. The molecule has 0 saturated carbocycles. The Labute approximate surface area is 122 Å². The van der Waals surface area contributed by atoms with E-state index in [9.17, 15) is 9.59 Å².